The van der Waals surface area contributed by atoms with Gasteiger partial charge in [0.05, 0.1) is 22.5 Å². The third-order valence-electron chi connectivity index (χ3n) is 8.21. The van der Waals surface area contributed by atoms with Gasteiger partial charge in [-0.1, -0.05) is 60.7 Å². The van der Waals surface area contributed by atoms with E-state index in [9.17, 15) is 18.0 Å². The fourth-order valence-electron chi connectivity index (χ4n) is 5.20. The smallest absolute Gasteiger partial charge is 0.449 e. The van der Waals surface area contributed by atoms with E-state index in [4.69, 9.17) is 19.9 Å². The molecule has 0 saturated carbocycles. The molecule has 4 N–H and O–H groups in total. The van der Waals surface area contributed by atoms with E-state index in [1.807, 2.05) is 64.1 Å². The summed E-state index contributed by atoms with van der Waals surface area (Å²) < 4.78 is 57.9. The van der Waals surface area contributed by atoms with Crippen LogP contribution in [0.3, 0.4) is 0 Å². The van der Waals surface area contributed by atoms with Crippen molar-refractivity contribution >= 4 is 25.0 Å². The minimum atomic E-state index is -4.53. The van der Waals surface area contributed by atoms with E-state index in [0.717, 1.165) is 34.4 Å². The molecule has 1 heterocycles. The molecule has 11 heteroatoms. The number of halogens is 3. The van der Waals surface area contributed by atoms with Gasteiger partial charge in [0.25, 0.3) is 0 Å². The summed E-state index contributed by atoms with van der Waals surface area (Å²) in [5.41, 5.74) is 5.43. The van der Waals surface area contributed by atoms with E-state index in [2.05, 4.69) is 22.9 Å². The molecule has 3 aromatic rings. The minimum Gasteiger partial charge on any atom is -0.449 e. The Hall–Kier alpha value is -3.80. The van der Waals surface area contributed by atoms with Crippen molar-refractivity contribution < 1.29 is 32.0 Å². The number of hydrazine groups is 1. The lowest BCUT2D eigenvalue weighted by Crippen LogP contribution is -2.41. The summed E-state index contributed by atoms with van der Waals surface area (Å²) in [5.74, 6) is 5.46. The summed E-state index contributed by atoms with van der Waals surface area (Å²) >= 11 is 0. The molecule has 0 aromatic heterocycles. The molecule has 1 aliphatic carbocycles. The lowest BCUT2D eigenvalue weighted by molar-refractivity contribution is -0.137. The fraction of sp³-hybridized carbons (Fsp3) is 0.323. The summed E-state index contributed by atoms with van der Waals surface area (Å²) in [4.78, 5) is 12.9. The van der Waals surface area contributed by atoms with Gasteiger partial charge in [0.1, 0.15) is 6.61 Å². The number of benzene rings is 3. The topological polar surface area (TPSA) is 94.8 Å². The van der Waals surface area contributed by atoms with Crippen molar-refractivity contribution in [2.24, 2.45) is 5.84 Å². The molecule has 1 saturated heterocycles. The van der Waals surface area contributed by atoms with Crippen LogP contribution < -0.4 is 16.6 Å². The molecule has 0 radical (unpaired) electrons. The molecule has 220 valence electrons. The number of carbonyl (C=O) groups excluding carboxylic acids is 1. The van der Waals surface area contributed by atoms with E-state index >= 15 is 0 Å². The number of hydrogen-bond acceptors (Lipinski definition) is 6. The van der Waals surface area contributed by atoms with Gasteiger partial charge in [-0.3, -0.25) is 5.84 Å². The van der Waals surface area contributed by atoms with Crippen molar-refractivity contribution in [3.05, 3.63) is 94.5 Å². The number of rotatable bonds is 7. The SMILES string of the molecule is CC1(C)OB(C(=Cc2ccc(C(F)(F)F)cc2NN)CNC(=O)OCC2c3ccccc3-c3ccccc32)OC1(C)C. The van der Waals surface area contributed by atoms with Crippen molar-refractivity contribution in [1.29, 1.82) is 0 Å². The van der Waals surface area contributed by atoms with Gasteiger partial charge in [-0.2, -0.15) is 13.2 Å². The van der Waals surface area contributed by atoms with Crippen LogP contribution in [0.1, 0.15) is 55.9 Å². The number of amides is 1. The van der Waals surface area contributed by atoms with Gasteiger partial charge in [0.2, 0.25) is 0 Å². The number of hydrogen-bond donors (Lipinski definition) is 3. The van der Waals surface area contributed by atoms with Crippen molar-refractivity contribution in [1.82, 2.24) is 5.32 Å². The van der Waals surface area contributed by atoms with Gasteiger partial charge in [-0.25, -0.2) is 4.79 Å². The lowest BCUT2D eigenvalue weighted by Gasteiger charge is -2.32. The second-order valence-corrected chi connectivity index (χ2v) is 11.4. The van der Waals surface area contributed by atoms with Crippen LogP contribution in [-0.4, -0.2) is 37.6 Å². The van der Waals surface area contributed by atoms with Crippen LogP contribution in [0.2, 0.25) is 0 Å². The van der Waals surface area contributed by atoms with Crippen molar-refractivity contribution in [3.63, 3.8) is 0 Å². The molecule has 0 atom stereocenters. The maximum Gasteiger partial charge on any atom is 0.492 e. The largest absolute Gasteiger partial charge is 0.492 e. The summed E-state index contributed by atoms with van der Waals surface area (Å²) in [5, 5.41) is 2.76. The molecule has 3 aromatic carbocycles. The predicted octanol–water partition coefficient (Wildman–Crippen LogP) is 6.54. The first-order chi connectivity index (χ1) is 19.8. The Balaban J connectivity index is 1.35. The van der Waals surface area contributed by atoms with Crippen LogP contribution >= 0.6 is 0 Å². The summed E-state index contributed by atoms with van der Waals surface area (Å²) in [7, 11) is -0.878. The number of alkyl carbamates (subject to hydrolysis) is 1. The Morgan fingerprint density at radius 3 is 2.10 bits per heavy atom. The number of carbonyl (C=O) groups is 1. The third kappa shape index (κ3) is 5.77. The second kappa shape index (κ2) is 11.1. The van der Waals surface area contributed by atoms with Crippen LogP contribution in [0.25, 0.3) is 17.2 Å². The first-order valence-electron chi connectivity index (χ1n) is 13.6. The van der Waals surface area contributed by atoms with Crippen LogP contribution in [-0.2, 0) is 20.2 Å². The average Bonchev–Trinajstić information content (AvgIpc) is 3.38. The quantitative estimate of drug-likeness (QED) is 0.167. The van der Waals surface area contributed by atoms with E-state index in [-0.39, 0.29) is 24.8 Å². The monoisotopic (exact) mass is 579 g/mol. The highest BCUT2D eigenvalue weighted by molar-refractivity contribution is 6.56. The van der Waals surface area contributed by atoms with Gasteiger partial charge >= 0.3 is 19.4 Å². The molecule has 0 bridgehead atoms. The molecule has 1 fully saturated rings. The van der Waals surface area contributed by atoms with Crippen molar-refractivity contribution in [3.8, 4) is 11.1 Å². The summed E-state index contributed by atoms with van der Waals surface area (Å²) in [6, 6.07) is 19.3. The molecule has 2 aliphatic rings. The number of alkyl halides is 3. The third-order valence-corrected chi connectivity index (χ3v) is 8.21. The number of fused-ring (bicyclic) bond motifs is 3. The Kier molecular flexibility index (Phi) is 7.87. The molecule has 1 aliphatic heterocycles. The highest BCUT2D eigenvalue weighted by atomic mass is 19.4. The zero-order valence-corrected chi connectivity index (χ0v) is 23.8. The molecule has 0 unspecified atom stereocenters. The van der Waals surface area contributed by atoms with Gasteiger partial charge in [-0.15, -0.1) is 0 Å². The first-order valence-corrected chi connectivity index (χ1v) is 13.6. The van der Waals surface area contributed by atoms with Crippen LogP contribution in [0.15, 0.2) is 72.2 Å². The predicted molar refractivity (Wildman–Crippen MR) is 156 cm³/mol. The minimum absolute atomic E-state index is 0.0431. The van der Waals surface area contributed by atoms with Gasteiger partial charge in [-0.05, 0) is 73.1 Å². The molecule has 42 heavy (non-hydrogen) atoms. The molecule has 5 rings (SSSR count). The van der Waals surface area contributed by atoms with E-state index in [0.29, 0.717) is 11.0 Å². The van der Waals surface area contributed by atoms with E-state index in [1.165, 1.54) is 6.07 Å². The van der Waals surface area contributed by atoms with E-state index < -0.39 is 36.2 Å². The van der Waals surface area contributed by atoms with Gasteiger partial charge < -0.3 is 24.8 Å². The summed E-state index contributed by atoms with van der Waals surface area (Å²) in [6.45, 7) is 7.63. The highest BCUT2D eigenvalue weighted by Crippen LogP contribution is 2.44. The Bertz CT molecular complexity index is 1460. The zero-order chi connectivity index (χ0) is 30.3. The standard InChI is InChI=1S/C31H33BF3N3O4/c1-29(2)30(3,4)42-32(41-29)21(15-19-13-14-20(31(33,34)35)16-27(19)38-36)17-37-28(39)40-18-26-24-11-7-5-9-22(24)23-10-6-8-12-25(23)26/h5-16,26,38H,17-18,36H2,1-4H3,(H,37,39). The molecule has 0 spiro atoms. The Morgan fingerprint density at radius 2 is 1.55 bits per heavy atom. The molecule has 1 amide bonds. The maximum absolute atomic E-state index is 13.3. The van der Waals surface area contributed by atoms with Crippen LogP contribution in [0.5, 0.6) is 0 Å². The maximum atomic E-state index is 13.3. The lowest BCUT2D eigenvalue weighted by atomic mass is 9.76. The van der Waals surface area contributed by atoms with Crippen LogP contribution in [0, 0.1) is 0 Å². The Labute approximate surface area is 243 Å². The molecular formula is C31H33BF3N3O4. The second-order valence-electron chi connectivity index (χ2n) is 11.4. The summed E-state index contributed by atoms with van der Waals surface area (Å²) in [6.07, 6.45) is -3.58. The number of anilines is 1. The van der Waals surface area contributed by atoms with Crippen LogP contribution in [0.4, 0.5) is 23.7 Å². The molecule has 7 nitrogen and oxygen atoms in total. The number of nitrogen functional groups attached to an aromatic ring is 1. The molecular weight excluding hydrogens is 546 g/mol. The average molecular weight is 579 g/mol. The van der Waals surface area contributed by atoms with Crippen molar-refractivity contribution in [2.75, 3.05) is 18.6 Å². The van der Waals surface area contributed by atoms with Gasteiger partial charge in [0.15, 0.2) is 0 Å². The van der Waals surface area contributed by atoms with Crippen molar-refractivity contribution in [2.45, 2.75) is 51.0 Å². The zero-order valence-electron chi connectivity index (χ0n) is 23.8. The fourth-order valence-corrected chi connectivity index (χ4v) is 5.20. The number of ether oxygens (including phenoxy) is 1. The highest BCUT2D eigenvalue weighted by Gasteiger charge is 2.52. The number of nitrogens with two attached hydrogens (primary N) is 1. The van der Waals surface area contributed by atoms with E-state index in [1.54, 1.807) is 6.08 Å². The van der Waals surface area contributed by atoms with Gasteiger partial charge in [0, 0.05) is 12.5 Å². The number of nitrogens with one attached hydrogen (secondary N) is 2. The first kappa shape index (κ1) is 29.7. The Morgan fingerprint density at radius 1 is 0.976 bits per heavy atom. The normalized spacial score (nSPS) is 17.5.